The fourth-order valence-electron chi connectivity index (χ4n) is 4.78. The van der Waals surface area contributed by atoms with Crippen molar-refractivity contribution in [1.29, 1.82) is 0 Å². The van der Waals surface area contributed by atoms with E-state index in [0.29, 0.717) is 22.8 Å². The van der Waals surface area contributed by atoms with Crippen LogP contribution in [0.3, 0.4) is 0 Å². The molecular weight excluding hydrogens is 598 g/mol. The summed E-state index contributed by atoms with van der Waals surface area (Å²) in [5.41, 5.74) is 3.07. The maximum absolute atomic E-state index is 14.0. The van der Waals surface area contributed by atoms with Gasteiger partial charge < -0.3 is 15.0 Å². The zero-order valence-electron chi connectivity index (χ0n) is 24.7. The summed E-state index contributed by atoms with van der Waals surface area (Å²) < 4.78 is 32.4. The van der Waals surface area contributed by atoms with Crippen LogP contribution in [0.4, 0.5) is 0 Å². The molecule has 0 radical (unpaired) electrons. The molecule has 2 N–H and O–H groups in total. The molecule has 0 aromatic heterocycles. The number of sulfonamides is 1. The number of carbonyl (C=O) groups excluding carboxylic acids is 2. The van der Waals surface area contributed by atoms with Crippen LogP contribution in [-0.2, 0) is 39.1 Å². The average molecular weight is 634 g/mol. The maximum Gasteiger partial charge on any atom is 0.247 e. The Bertz CT molecular complexity index is 1650. The molecule has 4 aromatic carbocycles. The van der Waals surface area contributed by atoms with Gasteiger partial charge in [-0.25, -0.2) is 13.1 Å². The van der Waals surface area contributed by atoms with Gasteiger partial charge in [0.25, 0.3) is 0 Å². The minimum Gasteiger partial charge on any atom is -0.497 e. The first-order valence-electron chi connectivity index (χ1n) is 14.3. The predicted molar refractivity (Wildman–Crippen MR) is 172 cm³/mol. The molecule has 10 heteroatoms. The summed E-state index contributed by atoms with van der Waals surface area (Å²) in [6.45, 7) is 2.39. The molecular formula is C34H36ClN3O5S. The standard InChI is InChI=1S/C34H36ClN3O5S/c1-3-37-44(41,42)30-20-15-25(16-21-30)17-22-32(39)38(24-26-13-18-29(43-2)19-14-26)33(27-9-5-4-6-10-27)34(40)36-23-28-11-7-8-12-31(28)35/h4-16,18-21,33,37H,3,17,22-24H2,1-2H3,(H,36,40). The maximum atomic E-state index is 14.0. The summed E-state index contributed by atoms with van der Waals surface area (Å²) in [7, 11) is -1.99. The fourth-order valence-corrected chi connectivity index (χ4v) is 6.03. The van der Waals surface area contributed by atoms with Gasteiger partial charge in [0.15, 0.2) is 0 Å². The van der Waals surface area contributed by atoms with Crippen LogP contribution in [-0.4, -0.2) is 38.8 Å². The van der Waals surface area contributed by atoms with Crippen molar-refractivity contribution in [3.8, 4) is 5.75 Å². The summed E-state index contributed by atoms with van der Waals surface area (Å²) in [6.07, 6.45) is 0.471. The quantitative estimate of drug-likeness (QED) is 0.186. The topological polar surface area (TPSA) is 105 Å². The molecule has 4 rings (SSSR count). The molecule has 1 atom stereocenters. The molecule has 2 amide bonds. The molecule has 0 aliphatic rings. The van der Waals surface area contributed by atoms with Crippen molar-refractivity contribution in [3.05, 3.63) is 130 Å². The Kier molecular flexibility index (Phi) is 11.5. The van der Waals surface area contributed by atoms with Crippen molar-refractivity contribution >= 4 is 33.4 Å². The van der Waals surface area contributed by atoms with Crippen molar-refractivity contribution in [3.63, 3.8) is 0 Å². The van der Waals surface area contributed by atoms with E-state index in [4.69, 9.17) is 16.3 Å². The lowest BCUT2D eigenvalue weighted by Crippen LogP contribution is -2.43. The largest absolute Gasteiger partial charge is 0.497 e. The van der Waals surface area contributed by atoms with Gasteiger partial charge in [-0.3, -0.25) is 9.59 Å². The van der Waals surface area contributed by atoms with Gasteiger partial charge in [0.05, 0.1) is 12.0 Å². The molecule has 0 bridgehead atoms. The second-order valence-electron chi connectivity index (χ2n) is 10.1. The third kappa shape index (κ3) is 8.69. The molecule has 4 aromatic rings. The molecule has 0 aliphatic carbocycles. The van der Waals surface area contributed by atoms with Crippen molar-refractivity contribution in [2.24, 2.45) is 0 Å². The number of nitrogens with zero attached hydrogens (tertiary/aromatic N) is 1. The highest BCUT2D eigenvalue weighted by molar-refractivity contribution is 7.89. The predicted octanol–water partition coefficient (Wildman–Crippen LogP) is 5.67. The molecule has 0 aliphatic heterocycles. The van der Waals surface area contributed by atoms with Gasteiger partial charge in [-0.15, -0.1) is 0 Å². The van der Waals surface area contributed by atoms with Gasteiger partial charge in [-0.05, 0) is 59.0 Å². The molecule has 0 saturated heterocycles. The summed E-state index contributed by atoms with van der Waals surface area (Å²) in [5, 5.41) is 3.52. The average Bonchev–Trinajstić information content (AvgIpc) is 3.04. The van der Waals surface area contributed by atoms with Gasteiger partial charge in [-0.1, -0.05) is 91.3 Å². The Balaban J connectivity index is 1.61. The second-order valence-corrected chi connectivity index (χ2v) is 12.3. The molecule has 230 valence electrons. The van der Waals surface area contributed by atoms with E-state index in [1.165, 1.54) is 12.1 Å². The number of rotatable bonds is 14. The number of aryl methyl sites for hydroxylation is 1. The Labute approximate surface area is 264 Å². The van der Waals surface area contributed by atoms with Crippen LogP contribution < -0.4 is 14.8 Å². The molecule has 1 unspecified atom stereocenters. The zero-order chi connectivity index (χ0) is 31.5. The highest BCUT2D eigenvalue weighted by atomic mass is 35.5. The van der Waals surface area contributed by atoms with Crippen molar-refractivity contribution in [1.82, 2.24) is 14.9 Å². The Morgan fingerprint density at radius 2 is 1.50 bits per heavy atom. The highest BCUT2D eigenvalue weighted by Crippen LogP contribution is 2.26. The highest BCUT2D eigenvalue weighted by Gasteiger charge is 2.31. The van der Waals surface area contributed by atoms with Crippen LogP contribution in [0.2, 0.25) is 5.02 Å². The fraction of sp³-hybridized carbons (Fsp3) is 0.235. The number of halogens is 1. The zero-order valence-corrected chi connectivity index (χ0v) is 26.3. The lowest BCUT2D eigenvalue weighted by Gasteiger charge is -2.32. The third-order valence-corrected chi connectivity index (χ3v) is 9.04. The Morgan fingerprint density at radius 1 is 0.864 bits per heavy atom. The van der Waals surface area contributed by atoms with Gasteiger partial charge in [0, 0.05) is 31.1 Å². The second kappa shape index (κ2) is 15.5. The van der Waals surface area contributed by atoms with Gasteiger partial charge in [0.1, 0.15) is 11.8 Å². The van der Waals surface area contributed by atoms with E-state index >= 15 is 0 Å². The smallest absolute Gasteiger partial charge is 0.247 e. The first kappa shape index (κ1) is 32.7. The molecule has 0 spiro atoms. The van der Waals surface area contributed by atoms with Crippen LogP contribution in [0, 0.1) is 0 Å². The normalized spacial score (nSPS) is 11.9. The van der Waals surface area contributed by atoms with Crippen LogP contribution in [0.5, 0.6) is 5.75 Å². The van der Waals surface area contributed by atoms with E-state index in [1.54, 1.807) is 37.1 Å². The molecule has 0 saturated carbocycles. The summed E-state index contributed by atoms with van der Waals surface area (Å²) in [6, 6.07) is 29.4. The van der Waals surface area contributed by atoms with Crippen molar-refractivity contribution in [2.45, 2.75) is 43.8 Å². The number of carbonyl (C=O) groups is 2. The van der Waals surface area contributed by atoms with E-state index in [2.05, 4.69) is 10.0 Å². The summed E-state index contributed by atoms with van der Waals surface area (Å²) in [4.78, 5) is 29.6. The van der Waals surface area contributed by atoms with Crippen LogP contribution in [0.15, 0.2) is 108 Å². The minimum atomic E-state index is -3.58. The van der Waals surface area contributed by atoms with E-state index < -0.39 is 16.1 Å². The lowest BCUT2D eigenvalue weighted by atomic mass is 10.0. The van der Waals surface area contributed by atoms with Gasteiger partial charge >= 0.3 is 0 Å². The first-order chi connectivity index (χ1) is 21.2. The molecule has 0 heterocycles. The number of nitrogens with one attached hydrogen (secondary N) is 2. The van der Waals surface area contributed by atoms with Gasteiger partial charge in [-0.2, -0.15) is 0 Å². The van der Waals surface area contributed by atoms with E-state index in [-0.39, 0.29) is 42.8 Å². The molecule has 8 nitrogen and oxygen atoms in total. The van der Waals surface area contributed by atoms with Gasteiger partial charge in [0.2, 0.25) is 21.8 Å². The summed E-state index contributed by atoms with van der Waals surface area (Å²) >= 11 is 6.34. The van der Waals surface area contributed by atoms with Crippen molar-refractivity contribution in [2.75, 3.05) is 13.7 Å². The number of methoxy groups -OCH3 is 1. The number of amides is 2. The van der Waals surface area contributed by atoms with E-state index in [0.717, 1.165) is 16.7 Å². The van der Waals surface area contributed by atoms with Crippen LogP contribution >= 0.6 is 11.6 Å². The number of hydrogen-bond acceptors (Lipinski definition) is 5. The monoisotopic (exact) mass is 633 g/mol. The number of hydrogen-bond donors (Lipinski definition) is 2. The third-order valence-electron chi connectivity index (χ3n) is 7.11. The number of ether oxygens (including phenoxy) is 1. The van der Waals surface area contributed by atoms with Crippen molar-refractivity contribution < 1.29 is 22.7 Å². The molecule has 0 fully saturated rings. The Morgan fingerprint density at radius 3 is 2.14 bits per heavy atom. The van der Waals surface area contributed by atoms with Crippen LogP contribution in [0.1, 0.15) is 41.6 Å². The van der Waals surface area contributed by atoms with Crippen LogP contribution in [0.25, 0.3) is 0 Å². The SMILES string of the molecule is CCNS(=O)(=O)c1ccc(CCC(=O)N(Cc2ccc(OC)cc2)C(C(=O)NCc2ccccc2Cl)c2ccccc2)cc1. The van der Waals surface area contributed by atoms with E-state index in [9.17, 15) is 18.0 Å². The number of benzene rings is 4. The lowest BCUT2D eigenvalue weighted by molar-refractivity contribution is -0.141. The molecule has 44 heavy (non-hydrogen) atoms. The minimum absolute atomic E-state index is 0.108. The Hall–Kier alpha value is -4.18. The van der Waals surface area contributed by atoms with E-state index in [1.807, 2.05) is 72.8 Å². The first-order valence-corrected chi connectivity index (χ1v) is 16.1. The summed E-state index contributed by atoms with van der Waals surface area (Å²) in [5.74, 6) is 0.117.